The number of anilines is 3. The summed E-state index contributed by atoms with van der Waals surface area (Å²) in [5.74, 6) is 0.471. The number of pyridine rings is 2. The number of hydrogen-bond acceptors (Lipinski definition) is 9. The number of nitrogens with one attached hydrogen (secondary N) is 2. The van der Waals surface area contributed by atoms with Crippen molar-refractivity contribution in [2.45, 2.75) is 43.2 Å². The minimum Gasteiger partial charge on any atom is -0.384 e. The predicted molar refractivity (Wildman–Crippen MR) is 162 cm³/mol. The SMILES string of the molecule is COCCS(=O)c1ccncc1Cn1c(=O)c(C2CC2)cc2cnc(Nc3ccc(N4CCNCC4C)c(F)c3)nc21. The summed E-state index contributed by atoms with van der Waals surface area (Å²) in [6.07, 6.45) is 6.86. The highest BCUT2D eigenvalue weighted by Gasteiger charge is 2.28. The highest BCUT2D eigenvalue weighted by molar-refractivity contribution is 7.85. The fraction of sp³-hybridized carbons (Fsp3) is 0.400. The van der Waals surface area contributed by atoms with E-state index in [2.05, 4.69) is 32.4 Å². The van der Waals surface area contributed by atoms with E-state index in [4.69, 9.17) is 9.72 Å². The smallest absolute Gasteiger partial charge is 0.256 e. The Kier molecular flexibility index (Phi) is 8.27. The molecule has 1 aliphatic heterocycles. The molecule has 0 spiro atoms. The Balaban J connectivity index is 1.34. The summed E-state index contributed by atoms with van der Waals surface area (Å²) < 4.78 is 34.9. The average Bonchev–Trinajstić information content (AvgIpc) is 3.84. The second-order valence-corrected chi connectivity index (χ2v) is 12.3. The molecule has 2 N–H and O–H groups in total. The lowest BCUT2D eigenvalue weighted by Gasteiger charge is -2.36. The summed E-state index contributed by atoms with van der Waals surface area (Å²) in [5.41, 5.74) is 2.78. The summed E-state index contributed by atoms with van der Waals surface area (Å²) in [5, 5.41) is 7.16. The van der Waals surface area contributed by atoms with Crippen molar-refractivity contribution in [3.8, 4) is 0 Å². The normalized spacial score (nSPS) is 17.9. The fourth-order valence-electron chi connectivity index (χ4n) is 5.42. The lowest BCUT2D eigenvalue weighted by molar-refractivity contribution is 0.218. The van der Waals surface area contributed by atoms with Gasteiger partial charge in [-0.1, -0.05) is 0 Å². The number of fused-ring (bicyclic) bond motifs is 1. The molecule has 0 bridgehead atoms. The van der Waals surface area contributed by atoms with Gasteiger partial charge in [0.15, 0.2) is 0 Å². The van der Waals surface area contributed by atoms with Gasteiger partial charge in [0.2, 0.25) is 5.95 Å². The Labute approximate surface area is 245 Å². The zero-order valence-electron chi connectivity index (χ0n) is 23.7. The van der Waals surface area contributed by atoms with Crippen molar-refractivity contribution in [1.29, 1.82) is 0 Å². The topological polar surface area (TPSA) is 114 Å². The maximum Gasteiger partial charge on any atom is 0.256 e. The zero-order valence-corrected chi connectivity index (χ0v) is 24.5. The summed E-state index contributed by atoms with van der Waals surface area (Å²) in [7, 11) is 0.252. The maximum absolute atomic E-state index is 15.2. The third-order valence-electron chi connectivity index (χ3n) is 7.79. The molecule has 2 unspecified atom stereocenters. The minimum absolute atomic E-state index is 0.132. The monoisotopic (exact) mass is 591 g/mol. The molecule has 2 fully saturated rings. The van der Waals surface area contributed by atoms with E-state index in [9.17, 15) is 9.00 Å². The number of piperazine rings is 1. The van der Waals surface area contributed by atoms with Crippen molar-refractivity contribution in [3.63, 3.8) is 0 Å². The predicted octanol–water partition coefficient (Wildman–Crippen LogP) is 3.55. The molecule has 10 nitrogen and oxygen atoms in total. The van der Waals surface area contributed by atoms with Gasteiger partial charge in [0.25, 0.3) is 5.56 Å². The highest BCUT2D eigenvalue weighted by atomic mass is 32.2. The Morgan fingerprint density at radius 1 is 1.21 bits per heavy atom. The first-order chi connectivity index (χ1) is 20.4. The highest BCUT2D eigenvalue weighted by Crippen LogP contribution is 2.39. The molecule has 1 saturated heterocycles. The van der Waals surface area contributed by atoms with Crippen molar-refractivity contribution in [3.05, 3.63) is 76.2 Å². The quantitative estimate of drug-likeness (QED) is 0.286. The van der Waals surface area contributed by atoms with Crippen LogP contribution in [0.15, 0.2) is 58.6 Å². The van der Waals surface area contributed by atoms with E-state index in [1.165, 1.54) is 6.07 Å². The molecule has 2 aliphatic rings. The molecule has 3 aromatic heterocycles. The van der Waals surface area contributed by atoms with Crippen molar-refractivity contribution in [1.82, 2.24) is 24.8 Å². The molecular weight excluding hydrogens is 557 g/mol. The van der Waals surface area contributed by atoms with Crippen LogP contribution in [0, 0.1) is 5.82 Å². The molecule has 2 atom stereocenters. The van der Waals surface area contributed by atoms with Gasteiger partial charge in [-0.2, -0.15) is 4.98 Å². The standard InChI is InChI=1S/C30H34FN7O3S/c1-19-15-33-9-10-37(19)26-6-5-23(14-25(26)31)35-30-34-17-21-13-24(20-3-4-20)29(39)38(28(21)36-30)18-22-16-32-8-7-27(22)42(40)12-11-41-2/h5-8,13-14,16-17,19-20,33H,3-4,9-12,15,18H2,1-2H3,(H,34,35,36). The molecule has 42 heavy (non-hydrogen) atoms. The van der Waals surface area contributed by atoms with E-state index in [1.54, 1.807) is 48.5 Å². The van der Waals surface area contributed by atoms with Crippen LogP contribution in [0.2, 0.25) is 0 Å². The van der Waals surface area contributed by atoms with Gasteiger partial charge < -0.3 is 20.3 Å². The van der Waals surface area contributed by atoms with Gasteiger partial charge in [0.05, 0.1) is 35.4 Å². The van der Waals surface area contributed by atoms with Gasteiger partial charge in [-0.05, 0) is 56.0 Å². The molecule has 1 aliphatic carbocycles. The first-order valence-corrected chi connectivity index (χ1v) is 15.5. The number of halogens is 1. The first kappa shape index (κ1) is 28.4. The van der Waals surface area contributed by atoms with Crippen LogP contribution in [0.25, 0.3) is 11.0 Å². The van der Waals surface area contributed by atoms with Crippen LogP contribution < -0.4 is 21.1 Å². The van der Waals surface area contributed by atoms with Crippen LogP contribution in [0.4, 0.5) is 21.7 Å². The lowest BCUT2D eigenvalue weighted by atomic mass is 10.1. The van der Waals surface area contributed by atoms with E-state index in [1.807, 2.05) is 6.07 Å². The van der Waals surface area contributed by atoms with Crippen LogP contribution in [-0.4, -0.2) is 68.9 Å². The molecule has 1 saturated carbocycles. The average molecular weight is 592 g/mol. The van der Waals surface area contributed by atoms with Crippen molar-refractivity contribution in [2.75, 3.05) is 49.3 Å². The first-order valence-electron chi connectivity index (χ1n) is 14.2. The van der Waals surface area contributed by atoms with Crippen molar-refractivity contribution in [2.24, 2.45) is 0 Å². The molecule has 4 heterocycles. The van der Waals surface area contributed by atoms with E-state index in [0.29, 0.717) is 39.8 Å². The van der Waals surface area contributed by atoms with Crippen LogP contribution >= 0.6 is 0 Å². The van der Waals surface area contributed by atoms with Crippen molar-refractivity contribution >= 4 is 39.2 Å². The molecule has 0 amide bonds. The van der Waals surface area contributed by atoms with Crippen LogP contribution in [0.5, 0.6) is 0 Å². The number of benzene rings is 1. The Bertz CT molecular complexity index is 1690. The molecule has 0 radical (unpaired) electrons. The van der Waals surface area contributed by atoms with Gasteiger partial charge in [0, 0.05) is 78.5 Å². The van der Waals surface area contributed by atoms with Crippen LogP contribution in [-0.2, 0) is 22.1 Å². The van der Waals surface area contributed by atoms with Gasteiger partial charge in [0.1, 0.15) is 11.5 Å². The molecule has 1 aromatic carbocycles. The number of methoxy groups -OCH3 is 1. The molecule has 12 heteroatoms. The van der Waals surface area contributed by atoms with Gasteiger partial charge >= 0.3 is 0 Å². The Hall–Kier alpha value is -3.74. The van der Waals surface area contributed by atoms with Crippen LogP contribution in [0.1, 0.15) is 36.8 Å². The third-order valence-corrected chi connectivity index (χ3v) is 9.22. The summed E-state index contributed by atoms with van der Waals surface area (Å²) >= 11 is 0. The van der Waals surface area contributed by atoms with Crippen molar-refractivity contribution < 1.29 is 13.3 Å². The molecule has 4 aromatic rings. The Morgan fingerprint density at radius 2 is 2.07 bits per heavy atom. The number of rotatable bonds is 10. The number of ether oxygens (including phenoxy) is 1. The second-order valence-electron chi connectivity index (χ2n) is 10.8. The fourth-order valence-corrected chi connectivity index (χ4v) is 6.58. The largest absolute Gasteiger partial charge is 0.384 e. The number of hydrogen-bond donors (Lipinski definition) is 2. The van der Waals surface area contributed by atoms with Crippen LogP contribution in [0.3, 0.4) is 0 Å². The minimum atomic E-state index is -1.32. The number of aromatic nitrogens is 4. The maximum atomic E-state index is 15.2. The zero-order chi connectivity index (χ0) is 29.2. The summed E-state index contributed by atoms with van der Waals surface area (Å²) in [6, 6.07) is 8.80. The van der Waals surface area contributed by atoms with E-state index < -0.39 is 10.8 Å². The summed E-state index contributed by atoms with van der Waals surface area (Å²) in [6.45, 7) is 4.92. The molecule has 220 valence electrons. The van der Waals surface area contributed by atoms with Gasteiger partial charge in [-0.15, -0.1) is 0 Å². The third kappa shape index (κ3) is 5.92. The molecular formula is C30H34FN7O3S. The van der Waals surface area contributed by atoms with E-state index in [0.717, 1.165) is 43.4 Å². The number of nitrogens with zero attached hydrogens (tertiary/aromatic N) is 5. The summed E-state index contributed by atoms with van der Waals surface area (Å²) in [4.78, 5) is 29.9. The van der Waals surface area contributed by atoms with Gasteiger partial charge in [-0.3, -0.25) is 18.6 Å². The second kappa shape index (κ2) is 12.2. The Morgan fingerprint density at radius 3 is 2.83 bits per heavy atom. The molecule has 6 rings (SSSR count). The van der Waals surface area contributed by atoms with Gasteiger partial charge in [-0.25, -0.2) is 9.37 Å². The van der Waals surface area contributed by atoms with E-state index in [-0.39, 0.29) is 35.8 Å². The van der Waals surface area contributed by atoms with E-state index >= 15 is 4.39 Å². The lowest BCUT2D eigenvalue weighted by Crippen LogP contribution is -2.50.